The fourth-order valence-electron chi connectivity index (χ4n) is 4.33. The van der Waals surface area contributed by atoms with E-state index < -0.39 is 0 Å². The molecule has 2 aromatic carbocycles. The van der Waals surface area contributed by atoms with Crippen molar-refractivity contribution in [1.29, 1.82) is 0 Å². The number of thioether (sulfide) groups is 2. The van der Waals surface area contributed by atoms with Crippen molar-refractivity contribution in [2.45, 2.75) is 16.9 Å². The van der Waals surface area contributed by atoms with E-state index in [9.17, 15) is 0 Å². The molecule has 5 heteroatoms. The SMILES string of the molecule is COc1ccc(CC2COC[C@@H](Cc3ccc(OC)cc3)C23SCCS3)cc1. The summed E-state index contributed by atoms with van der Waals surface area (Å²) in [7, 11) is 3.43. The van der Waals surface area contributed by atoms with Crippen LogP contribution < -0.4 is 9.47 Å². The van der Waals surface area contributed by atoms with E-state index in [1.165, 1.54) is 22.6 Å². The molecule has 2 aliphatic rings. The number of hydrogen-bond acceptors (Lipinski definition) is 5. The molecular weight excluding hydrogens is 388 g/mol. The van der Waals surface area contributed by atoms with Crippen LogP contribution in [0.5, 0.6) is 11.5 Å². The van der Waals surface area contributed by atoms with Crippen LogP contribution in [-0.4, -0.2) is 43.0 Å². The lowest BCUT2D eigenvalue weighted by Crippen LogP contribution is -2.48. The molecule has 0 amide bonds. The highest BCUT2D eigenvalue weighted by Crippen LogP contribution is 2.57. The Morgan fingerprint density at radius 1 is 0.786 bits per heavy atom. The molecule has 0 aromatic heterocycles. The van der Waals surface area contributed by atoms with Crippen LogP contribution in [0.3, 0.4) is 0 Å². The molecule has 2 aliphatic heterocycles. The second-order valence-corrected chi connectivity index (χ2v) is 10.5. The van der Waals surface area contributed by atoms with Crippen LogP contribution in [0, 0.1) is 11.8 Å². The standard InChI is InChI=1S/C23H28O3S2/c1-24-21-7-3-17(4-8-21)13-19-15-26-16-20(23(19)27-11-12-28-23)14-18-5-9-22(25-2)10-6-18/h3-10,19-20H,11-16H2,1-2H3/t19-,20?/m1/s1. The Labute approximate surface area is 176 Å². The smallest absolute Gasteiger partial charge is 0.118 e. The predicted molar refractivity (Wildman–Crippen MR) is 119 cm³/mol. The maximum absolute atomic E-state index is 6.14. The summed E-state index contributed by atoms with van der Waals surface area (Å²) in [6.07, 6.45) is 2.12. The van der Waals surface area contributed by atoms with Crippen LogP contribution >= 0.6 is 23.5 Å². The molecule has 2 saturated heterocycles. The Bertz CT molecular complexity index is 695. The minimum Gasteiger partial charge on any atom is -0.497 e. The summed E-state index contributed by atoms with van der Waals surface area (Å²) in [6, 6.07) is 17.1. The summed E-state index contributed by atoms with van der Waals surface area (Å²) >= 11 is 4.34. The third kappa shape index (κ3) is 4.17. The molecule has 4 rings (SSSR count). The van der Waals surface area contributed by atoms with Crippen molar-refractivity contribution in [3.05, 3.63) is 59.7 Å². The van der Waals surface area contributed by atoms with Gasteiger partial charge in [0.15, 0.2) is 0 Å². The summed E-state index contributed by atoms with van der Waals surface area (Å²) in [4.78, 5) is 0. The molecule has 1 spiro atoms. The lowest BCUT2D eigenvalue weighted by molar-refractivity contribution is 0.0126. The summed E-state index contributed by atoms with van der Waals surface area (Å²) in [5.41, 5.74) is 2.74. The monoisotopic (exact) mass is 416 g/mol. The fraction of sp³-hybridized carbons (Fsp3) is 0.478. The predicted octanol–water partition coefficient (Wildman–Crippen LogP) is 4.93. The zero-order valence-electron chi connectivity index (χ0n) is 16.6. The highest BCUT2D eigenvalue weighted by molar-refractivity contribution is 8.21. The van der Waals surface area contributed by atoms with Crippen molar-refractivity contribution >= 4 is 23.5 Å². The van der Waals surface area contributed by atoms with Gasteiger partial charge in [-0.1, -0.05) is 24.3 Å². The first-order valence-electron chi connectivity index (χ1n) is 9.85. The van der Waals surface area contributed by atoms with Crippen LogP contribution in [0.25, 0.3) is 0 Å². The van der Waals surface area contributed by atoms with Gasteiger partial charge in [-0.3, -0.25) is 0 Å². The first kappa shape index (κ1) is 20.0. The molecule has 0 radical (unpaired) electrons. The van der Waals surface area contributed by atoms with E-state index >= 15 is 0 Å². The summed E-state index contributed by atoms with van der Waals surface area (Å²) in [5.74, 6) is 5.36. The number of rotatable bonds is 6. The maximum Gasteiger partial charge on any atom is 0.118 e. The zero-order valence-corrected chi connectivity index (χ0v) is 18.2. The van der Waals surface area contributed by atoms with Crippen molar-refractivity contribution < 1.29 is 14.2 Å². The number of methoxy groups -OCH3 is 2. The molecule has 3 nitrogen and oxygen atoms in total. The van der Waals surface area contributed by atoms with Crippen LogP contribution in [0.1, 0.15) is 11.1 Å². The Morgan fingerprint density at radius 3 is 1.61 bits per heavy atom. The minimum atomic E-state index is 0.248. The maximum atomic E-state index is 6.14. The van der Waals surface area contributed by atoms with Gasteiger partial charge >= 0.3 is 0 Å². The molecule has 0 N–H and O–H groups in total. The van der Waals surface area contributed by atoms with Crippen molar-refractivity contribution in [3.63, 3.8) is 0 Å². The molecule has 0 saturated carbocycles. The van der Waals surface area contributed by atoms with Crippen molar-refractivity contribution in [3.8, 4) is 11.5 Å². The molecular formula is C23H28O3S2. The molecule has 2 aromatic rings. The number of hydrogen-bond donors (Lipinski definition) is 0. The molecule has 2 atom stereocenters. The van der Waals surface area contributed by atoms with E-state index in [1.54, 1.807) is 14.2 Å². The molecule has 28 heavy (non-hydrogen) atoms. The van der Waals surface area contributed by atoms with Gasteiger partial charge in [0.2, 0.25) is 0 Å². The molecule has 2 fully saturated rings. The van der Waals surface area contributed by atoms with E-state index in [2.05, 4.69) is 72.1 Å². The Morgan fingerprint density at radius 2 is 1.21 bits per heavy atom. The average Bonchev–Trinajstić information content (AvgIpc) is 3.23. The van der Waals surface area contributed by atoms with E-state index in [1.807, 2.05) is 0 Å². The second-order valence-electron chi connectivity index (χ2n) is 7.45. The second kappa shape index (κ2) is 9.02. The van der Waals surface area contributed by atoms with Gasteiger partial charge in [-0.2, -0.15) is 0 Å². The van der Waals surface area contributed by atoms with Crippen LogP contribution in [0.15, 0.2) is 48.5 Å². The molecule has 0 aliphatic carbocycles. The lowest BCUT2D eigenvalue weighted by Gasteiger charge is -2.46. The third-order valence-corrected chi connectivity index (χ3v) is 9.81. The molecule has 150 valence electrons. The van der Waals surface area contributed by atoms with Crippen LogP contribution in [-0.2, 0) is 17.6 Å². The van der Waals surface area contributed by atoms with Gasteiger partial charge in [0, 0.05) is 23.3 Å². The topological polar surface area (TPSA) is 27.7 Å². The fourth-order valence-corrected chi connectivity index (χ4v) is 8.01. The quantitative estimate of drug-likeness (QED) is 0.666. The zero-order chi connectivity index (χ0) is 19.4. The molecule has 1 unspecified atom stereocenters. The Kier molecular flexibility index (Phi) is 6.44. The van der Waals surface area contributed by atoms with Crippen molar-refractivity contribution in [2.75, 3.05) is 38.9 Å². The highest BCUT2D eigenvalue weighted by Gasteiger charge is 2.51. The molecule has 2 heterocycles. The van der Waals surface area contributed by atoms with Gasteiger partial charge in [-0.15, -0.1) is 23.5 Å². The number of benzene rings is 2. The van der Waals surface area contributed by atoms with E-state index in [-0.39, 0.29) is 4.08 Å². The third-order valence-electron chi connectivity index (χ3n) is 5.80. The van der Waals surface area contributed by atoms with Gasteiger partial charge in [-0.25, -0.2) is 0 Å². The summed E-state index contributed by atoms with van der Waals surface area (Å²) < 4.78 is 17.0. The van der Waals surface area contributed by atoms with Gasteiger partial charge in [-0.05, 0) is 48.2 Å². The Hall–Kier alpha value is -1.30. The lowest BCUT2D eigenvalue weighted by atomic mass is 9.83. The van der Waals surface area contributed by atoms with Crippen molar-refractivity contribution in [1.82, 2.24) is 0 Å². The van der Waals surface area contributed by atoms with Crippen LogP contribution in [0.2, 0.25) is 0 Å². The Balaban J connectivity index is 1.53. The minimum absolute atomic E-state index is 0.248. The molecule has 0 bridgehead atoms. The van der Waals surface area contributed by atoms with Crippen LogP contribution in [0.4, 0.5) is 0 Å². The average molecular weight is 417 g/mol. The first-order valence-corrected chi connectivity index (χ1v) is 11.8. The number of ether oxygens (including phenoxy) is 3. The van der Waals surface area contributed by atoms with Gasteiger partial charge in [0.25, 0.3) is 0 Å². The van der Waals surface area contributed by atoms with E-state index in [4.69, 9.17) is 14.2 Å². The van der Waals surface area contributed by atoms with Gasteiger partial charge in [0.1, 0.15) is 11.5 Å². The van der Waals surface area contributed by atoms with Crippen molar-refractivity contribution in [2.24, 2.45) is 11.8 Å². The van der Waals surface area contributed by atoms with E-state index in [0.29, 0.717) is 11.8 Å². The summed E-state index contributed by atoms with van der Waals surface area (Å²) in [6.45, 7) is 1.70. The largest absolute Gasteiger partial charge is 0.497 e. The highest BCUT2D eigenvalue weighted by atomic mass is 32.2. The first-order chi connectivity index (χ1) is 13.7. The normalized spacial score (nSPS) is 23.6. The van der Waals surface area contributed by atoms with E-state index in [0.717, 1.165) is 37.6 Å². The van der Waals surface area contributed by atoms with Gasteiger partial charge in [0.05, 0.1) is 31.5 Å². The van der Waals surface area contributed by atoms with Gasteiger partial charge < -0.3 is 14.2 Å². The summed E-state index contributed by atoms with van der Waals surface area (Å²) in [5, 5.41) is 0.